The molecule has 1 aliphatic heterocycles. The van der Waals surface area contributed by atoms with Gasteiger partial charge in [-0.2, -0.15) is 5.10 Å². The van der Waals surface area contributed by atoms with Crippen LogP contribution in [-0.2, 0) is 13.1 Å². The molecular formula is C17H25N5O. The summed E-state index contributed by atoms with van der Waals surface area (Å²) in [4.78, 5) is 9.22. The lowest BCUT2D eigenvalue weighted by atomic mass is 10.2. The molecule has 1 saturated heterocycles. The smallest absolute Gasteiger partial charge is 0.141 e. The molecule has 1 aromatic heterocycles. The molecule has 2 heterocycles. The summed E-state index contributed by atoms with van der Waals surface area (Å²) < 4.78 is 7.27. The molecule has 0 N–H and O–H groups in total. The molecule has 1 aromatic carbocycles. The van der Waals surface area contributed by atoms with E-state index in [-0.39, 0.29) is 0 Å². The molecule has 0 radical (unpaired) electrons. The second-order valence-electron chi connectivity index (χ2n) is 6.33. The Labute approximate surface area is 137 Å². The Morgan fingerprint density at radius 3 is 2.91 bits per heavy atom. The third kappa shape index (κ3) is 3.89. The van der Waals surface area contributed by atoms with Gasteiger partial charge in [0.15, 0.2) is 0 Å². The van der Waals surface area contributed by atoms with E-state index in [0.717, 1.165) is 37.8 Å². The number of benzene rings is 1. The molecule has 0 saturated carbocycles. The van der Waals surface area contributed by atoms with E-state index in [1.54, 1.807) is 13.4 Å². The lowest BCUT2D eigenvalue weighted by Gasteiger charge is -2.20. The number of aromatic nitrogens is 3. The fourth-order valence-corrected chi connectivity index (χ4v) is 3.06. The van der Waals surface area contributed by atoms with Crippen molar-refractivity contribution in [1.29, 1.82) is 0 Å². The average molecular weight is 315 g/mol. The van der Waals surface area contributed by atoms with E-state index in [1.807, 2.05) is 22.9 Å². The van der Waals surface area contributed by atoms with Gasteiger partial charge in [0.05, 0.1) is 20.2 Å². The van der Waals surface area contributed by atoms with Crippen LogP contribution in [0.2, 0.25) is 0 Å². The van der Waals surface area contributed by atoms with Crippen LogP contribution in [0.25, 0.3) is 0 Å². The fourth-order valence-electron chi connectivity index (χ4n) is 3.06. The Bertz CT molecular complexity index is 639. The maximum Gasteiger partial charge on any atom is 0.141 e. The number of rotatable bonds is 6. The first-order valence-corrected chi connectivity index (χ1v) is 8.04. The number of ether oxygens (including phenoxy) is 1. The Balaban J connectivity index is 1.65. The molecule has 1 unspecified atom stereocenters. The molecule has 3 rings (SSSR count). The van der Waals surface area contributed by atoms with Crippen molar-refractivity contribution >= 4 is 0 Å². The van der Waals surface area contributed by atoms with Crippen LogP contribution in [0.15, 0.2) is 30.6 Å². The fraction of sp³-hybridized carbons (Fsp3) is 0.529. The Morgan fingerprint density at radius 1 is 1.30 bits per heavy atom. The van der Waals surface area contributed by atoms with Crippen LogP contribution in [0.5, 0.6) is 5.75 Å². The Morgan fingerprint density at radius 2 is 2.17 bits per heavy atom. The first kappa shape index (κ1) is 16.0. The van der Waals surface area contributed by atoms with Gasteiger partial charge in [-0.3, -0.25) is 4.90 Å². The van der Waals surface area contributed by atoms with Gasteiger partial charge in [0.25, 0.3) is 0 Å². The number of hydrogen-bond acceptors (Lipinski definition) is 5. The van der Waals surface area contributed by atoms with Gasteiger partial charge in [0, 0.05) is 19.1 Å². The van der Waals surface area contributed by atoms with Gasteiger partial charge < -0.3 is 9.64 Å². The highest BCUT2D eigenvalue weighted by atomic mass is 16.5. The summed E-state index contributed by atoms with van der Waals surface area (Å²) in [5.41, 5.74) is 1.17. The summed E-state index contributed by atoms with van der Waals surface area (Å²) in [5, 5.41) is 4.39. The van der Waals surface area contributed by atoms with Gasteiger partial charge in [0.2, 0.25) is 0 Å². The van der Waals surface area contributed by atoms with E-state index in [1.165, 1.54) is 12.0 Å². The lowest BCUT2D eigenvalue weighted by molar-refractivity contribution is 0.258. The van der Waals surface area contributed by atoms with Crippen LogP contribution in [0.4, 0.5) is 0 Å². The Hall–Kier alpha value is -1.92. The van der Waals surface area contributed by atoms with Gasteiger partial charge in [-0.05, 0) is 38.2 Å². The second-order valence-corrected chi connectivity index (χ2v) is 6.33. The van der Waals surface area contributed by atoms with Crippen LogP contribution in [0.3, 0.4) is 0 Å². The molecular weight excluding hydrogens is 290 g/mol. The van der Waals surface area contributed by atoms with Crippen molar-refractivity contribution in [2.24, 2.45) is 0 Å². The van der Waals surface area contributed by atoms with E-state index < -0.39 is 0 Å². The van der Waals surface area contributed by atoms with Crippen LogP contribution in [0, 0.1) is 0 Å². The van der Waals surface area contributed by atoms with Gasteiger partial charge in [0.1, 0.15) is 17.9 Å². The first-order chi connectivity index (χ1) is 11.2. The minimum absolute atomic E-state index is 0.643. The van der Waals surface area contributed by atoms with Crippen LogP contribution < -0.4 is 4.74 Å². The topological polar surface area (TPSA) is 46.4 Å². The Kier molecular flexibility index (Phi) is 4.93. The molecule has 1 aliphatic rings. The molecule has 0 bridgehead atoms. The summed E-state index contributed by atoms with van der Waals surface area (Å²) in [5.74, 6) is 1.89. The third-order valence-corrected chi connectivity index (χ3v) is 4.51. The van der Waals surface area contributed by atoms with Crippen molar-refractivity contribution in [1.82, 2.24) is 24.6 Å². The molecule has 6 nitrogen and oxygen atoms in total. The van der Waals surface area contributed by atoms with E-state index >= 15 is 0 Å². The van der Waals surface area contributed by atoms with E-state index in [0.29, 0.717) is 6.04 Å². The molecule has 2 aromatic rings. The van der Waals surface area contributed by atoms with Crippen LogP contribution >= 0.6 is 0 Å². The van der Waals surface area contributed by atoms with Gasteiger partial charge >= 0.3 is 0 Å². The zero-order valence-corrected chi connectivity index (χ0v) is 14.1. The molecule has 0 spiro atoms. The number of likely N-dealkylation sites (tertiary alicyclic amines) is 1. The molecule has 0 amide bonds. The number of likely N-dealkylation sites (N-methyl/N-ethyl adjacent to an activating group) is 1. The maximum absolute atomic E-state index is 5.29. The third-order valence-electron chi connectivity index (χ3n) is 4.51. The highest BCUT2D eigenvalue weighted by Crippen LogP contribution is 2.17. The van der Waals surface area contributed by atoms with Crippen molar-refractivity contribution in [3.05, 3.63) is 42.0 Å². The number of hydrogen-bond donors (Lipinski definition) is 0. The van der Waals surface area contributed by atoms with E-state index in [2.05, 4.69) is 40.0 Å². The molecule has 1 fully saturated rings. The molecule has 6 heteroatoms. The lowest BCUT2D eigenvalue weighted by Crippen LogP contribution is -2.31. The minimum Gasteiger partial charge on any atom is -0.497 e. The predicted octanol–water partition coefficient (Wildman–Crippen LogP) is 1.47. The second kappa shape index (κ2) is 7.10. The van der Waals surface area contributed by atoms with Crippen molar-refractivity contribution in [2.45, 2.75) is 25.6 Å². The quantitative estimate of drug-likeness (QED) is 0.808. The van der Waals surface area contributed by atoms with Crippen molar-refractivity contribution in [3.8, 4) is 5.75 Å². The number of methoxy groups -OCH3 is 1. The van der Waals surface area contributed by atoms with Crippen molar-refractivity contribution < 1.29 is 4.74 Å². The van der Waals surface area contributed by atoms with E-state index in [9.17, 15) is 0 Å². The largest absolute Gasteiger partial charge is 0.497 e. The van der Waals surface area contributed by atoms with Crippen LogP contribution in [0.1, 0.15) is 17.8 Å². The summed E-state index contributed by atoms with van der Waals surface area (Å²) in [6.07, 6.45) is 2.87. The summed E-state index contributed by atoms with van der Waals surface area (Å²) >= 11 is 0. The highest BCUT2D eigenvalue weighted by molar-refractivity contribution is 5.28. The first-order valence-electron chi connectivity index (χ1n) is 8.04. The molecule has 23 heavy (non-hydrogen) atoms. The average Bonchev–Trinajstić information content (AvgIpc) is 3.18. The normalized spacial score (nSPS) is 18.7. The van der Waals surface area contributed by atoms with E-state index in [4.69, 9.17) is 4.74 Å². The summed E-state index contributed by atoms with van der Waals surface area (Å²) in [6.45, 7) is 3.79. The predicted molar refractivity (Wildman–Crippen MR) is 89.5 cm³/mol. The standard InChI is InChI=1S/C17H25N5O/c1-20(2)15-7-8-21(11-15)12-17-18-13-19-22(17)10-14-5-4-6-16(9-14)23-3/h4-6,9,13,15H,7-8,10-12H2,1-3H3. The monoisotopic (exact) mass is 315 g/mol. The highest BCUT2D eigenvalue weighted by Gasteiger charge is 2.24. The van der Waals surface area contributed by atoms with Gasteiger partial charge in [-0.25, -0.2) is 9.67 Å². The summed E-state index contributed by atoms with van der Waals surface area (Å²) in [7, 11) is 5.99. The zero-order chi connectivity index (χ0) is 16.2. The van der Waals surface area contributed by atoms with Crippen molar-refractivity contribution in [3.63, 3.8) is 0 Å². The van der Waals surface area contributed by atoms with Crippen LogP contribution in [-0.4, -0.2) is 64.9 Å². The molecule has 1 atom stereocenters. The zero-order valence-electron chi connectivity index (χ0n) is 14.1. The van der Waals surface area contributed by atoms with Gasteiger partial charge in [-0.1, -0.05) is 12.1 Å². The van der Waals surface area contributed by atoms with Gasteiger partial charge in [-0.15, -0.1) is 0 Å². The maximum atomic E-state index is 5.29. The molecule has 0 aliphatic carbocycles. The van der Waals surface area contributed by atoms with Crippen molar-refractivity contribution in [2.75, 3.05) is 34.3 Å². The summed E-state index contributed by atoms with van der Waals surface area (Å²) in [6, 6.07) is 8.74. The minimum atomic E-state index is 0.643. The number of nitrogens with zero attached hydrogens (tertiary/aromatic N) is 5. The molecule has 124 valence electrons. The SMILES string of the molecule is COc1cccc(Cn2ncnc2CN2CCC(N(C)C)C2)c1.